The van der Waals surface area contributed by atoms with Crippen LogP contribution in [0.5, 0.6) is 0 Å². The van der Waals surface area contributed by atoms with Gasteiger partial charge in [-0.1, -0.05) is 39.8 Å². The number of rotatable bonds is 2. The predicted molar refractivity (Wildman–Crippen MR) is 113 cm³/mol. The largest absolute Gasteiger partial charge is 0.504 e. The van der Waals surface area contributed by atoms with E-state index in [0.717, 1.165) is 24.0 Å². The van der Waals surface area contributed by atoms with Crippen molar-refractivity contribution < 1.29 is 24.6 Å². The van der Waals surface area contributed by atoms with E-state index in [4.69, 9.17) is 5.11 Å². The van der Waals surface area contributed by atoms with Crippen molar-refractivity contribution in [3.63, 3.8) is 0 Å². The number of benzene rings is 2. The maximum absolute atomic E-state index is 13.4. The van der Waals surface area contributed by atoms with Gasteiger partial charge in [0, 0.05) is 11.1 Å². The molecule has 0 heterocycles. The number of aliphatic hydroxyl groups excluding tert-OH is 1. The van der Waals surface area contributed by atoms with E-state index in [2.05, 4.69) is 27.7 Å². The normalized spacial score (nSPS) is 19.3. The molecule has 30 heavy (non-hydrogen) atoms. The standard InChI is InChI=1S/C25H24O5/c1-24(2)9-10-25(3,4)18-12-16-15(11-17(18)24)20(26)19(22(28)21(16)27)13-5-7-14(8-6-13)23(29)30/h5-8,11-12,28H,9-10H2,1-4H3,(H,29,30). The van der Waals surface area contributed by atoms with E-state index in [1.54, 1.807) is 6.07 Å². The van der Waals surface area contributed by atoms with Crippen molar-refractivity contribution in [3.8, 4) is 0 Å². The molecule has 0 fully saturated rings. The first-order valence-corrected chi connectivity index (χ1v) is 9.99. The predicted octanol–water partition coefficient (Wildman–Crippen LogP) is 5.08. The maximum Gasteiger partial charge on any atom is 0.335 e. The van der Waals surface area contributed by atoms with Crippen molar-refractivity contribution in [2.24, 2.45) is 0 Å². The lowest BCUT2D eigenvalue weighted by atomic mass is 9.62. The van der Waals surface area contributed by atoms with Crippen LogP contribution in [0.4, 0.5) is 0 Å². The van der Waals surface area contributed by atoms with Gasteiger partial charge in [0.25, 0.3) is 0 Å². The summed E-state index contributed by atoms with van der Waals surface area (Å²) in [7, 11) is 0. The van der Waals surface area contributed by atoms with Crippen LogP contribution in [0.1, 0.15) is 88.3 Å². The molecule has 0 saturated carbocycles. The second-order valence-corrected chi connectivity index (χ2v) is 9.48. The number of ketones is 2. The molecule has 2 aromatic carbocycles. The van der Waals surface area contributed by atoms with Crippen molar-refractivity contribution >= 4 is 23.1 Å². The molecule has 0 atom stereocenters. The van der Waals surface area contributed by atoms with E-state index in [1.165, 1.54) is 24.3 Å². The highest BCUT2D eigenvalue weighted by Crippen LogP contribution is 2.47. The minimum absolute atomic E-state index is 0.0619. The van der Waals surface area contributed by atoms with E-state index >= 15 is 0 Å². The number of aliphatic hydroxyl groups is 1. The summed E-state index contributed by atoms with van der Waals surface area (Å²) in [6.07, 6.45) is 1.94. The highest BCUT2D eigenvalue weighted by atomic mass is 16.4. The van der Waals surface area contributed by atoms with Crippen LogP contribution in [0.3, 0.4) is 0 Å². The quantitative estimate of drug-likeness (QED) is 0.728. The molecule has 0 bridgehead atoms. The number of carboxylic acids is 1. The van der Waals surface area contributed by atoms with Crippen LogP contribution in [0, 0.1) is 0 Å². The van der Waals surface area contributed by atoms with Gasteiger partial charge in [0.1, 0.15) is 0 Å². The van der Waals surface area contributed by atoms with Crippen LogP contribution in [0.25, 0.3) is 5.57 Å². The SMILES string of the molecule is CC1(C)CCC(C)(C)c2cc3c(cc21)C(=O)C(O)=C(c1ccc(C(=O)O)cc1)C3=O. The molecule has 0 amide bonds. The average molecular weight is 404 g/mol. The second-order valence-electron chi connectivity index (χ2n) is 9.48. The Morgan fingerprint density at radius 3 is 1.77 bits per heavy atom. The third kappa shape index (κ3) is 2.88. The van der Waals surface area contributed by atoms with E-state index in [-0.39, 0.29) is 27.5 Å². The fourth-order valence-corrected chi connectivity index (χ4v) is 4.52. The zero-order chi connectivity index (χ0) is 22.0. The van der Waals surface area contributed by atoms with Crippen LogP contribution in [-0.4, -0.2) is 27.7 Å². The molecule has 2 aliphatic rings. The van der Waals surface area contributed by atoms with Crippen LogP contribution in [-0.2, 0) is 10.8 Å². The van der Waals surface area contributed by atoms with Crippen LogP contribution < -0.4 is 0 Å². The van der Waals surface area contributed by atoms with Gasteiger partial charge in [-0.25, -0.2) is 4.79 Å². The van der Waals surface area contributed by atoms with Gasteiger partial charge in [-0.15, -0.1) is 0 Å². The summed E-state index contributed by atoms with van der Waals surface area (Å²) < 4.78 is 0. The minimum atomic E-state index is -1.09. The third-order valence-corrected chi connectivity index (χ3v) is 6.58. The Hall–Kier alpha value is -3.21. The zero-order valence-electron chi connectivity index (χ0n) is 17.5. The smallest absolute Gasteiger partial charge is 0.335 e. The van der Waals surface area contributed by atoms with Crippen LogP contribution >= 0.6 is 0 Å². The lowest BCUT2D eigenvalue weighted by Crippen LogP contribution is -2.35. The second kappa shape index (κ2) is 6.39. The van der Waals surface area contributed by atoms with Gasteiger partial charge in [-0.05, 0) is 64.6 Å². The summed E-state index contributed by atoms with van der Waals surface area (Å²) in [5.41, 5.74) is 2.66. The van der Waals surface area contributed by atoms with Crippen LogP contribution in [0.2, 0.25) is 0 Å². The molecule has 0 unspecified atom stereocenters. The topological polar surface area (TPSA) is 91.7 Å². The number of carbonyl (C=O) groups excluding carboxylic acids is 2. The molecule has 0 aliphatic heterocycles. The number of carboxylic acid groups (broad SMARTS) is 1. The van der Waals surface area contributed by atoms with Gasteiger partial charge in [-0.2, -0.15) is 0 Å². The summed E-state index contributed by atoms with van der Waals surface area (Å²) in [5.74, 6) is -2.69. The number of allylic oxidation sites excluding steroid dienone is 2. The lowest BCUT2D eigenvalue weighted by Gasteiger charge is -2.42. The molecule has 0 saturated heterocycles. The molecule has 2 aromatic rings. The Morgan fingerprint density at radius 2 is 1.30 bits per heavy atom. The summed E-state index contributed by atoms with van der Waals surface area (Å²) in [6.45, 7) is 8.55. The van der Waals surface area contributed by atoms with E-state index in [0.29, 0.717) is 11.1 Å². The molecule has 154 valence electrons. The van der Waals surface area contributed by atoms with E-state index < -0.39 is 23.3 Å². The number of fused-ring (bicyclic) bond motifs is 2. The molecule has 5 heteroatoms. The number of aromatic carboxylic acids is 1. The Labute approximate surface area is 175 Å². The number of Topliss-reactive ketones (excluding diaryl/α,β-unsaturated/α-hetero) is 2. The van der Waals surface area contributed by atoms with Crippen molar-refractivity contribution in [2.45, 2.75) is 51.4 Å². The zero-order valence-corrected chi connectivity index (χ0v) is 17.5. The molecule has 2 N–H and O–H groups in total. The summed E-state index contributed by atoms with van der Waals surface area (Å²) in [6, 6.07) is 9.19. The van der Waals surface area contributed by atoms with Gasteiger partial charge in [-0.3, -0.25) is 9.59 Å². The molecular formula is C25H24O5. The minimum Gasteiger partial charge on any atom is -0.504 e. The Bertz CT molecular complexity index is 1150. The molecule has 4 rings (SSSR count). The molecule has 0 radical (unpaired) electrons. The summed E-state index contributed by atoms with van der Waals surface area (Å²) in [4.78, 5) is 37.5. The summed E-state index contributed by atoms with van der Waals surface area (Å²) >= 11 is 0. The maximum atomic E-state index is 13.4. The average Bonchev–Trinajstić information content (AvgIpc) is 2.69. The number of carbonyl (C=O) groups is 3. The lowest BCUT2D eigenvalue weighted by molar-refractivity contribution is 0.0696. The fraction of sp³-hybridized carbons (Fsp3) is 0.320. The monoisotopic (exact) mass is 404 g/mol. The number of hydrogen-bond acceptors (Lipinski definition) is 4. The van der Waals surface area contributed by atoms with Gasteiger partial charge >= 0.3 is 5.97 Å². The Kier molecular flexibility index (Phi) is 4.28. The van der Waals surface area contributed by atoms with E-state index in [1.807, 2.05) is 6.07 Å². The summed E-state index contributed by atoms with van der Waals surface area (Å²) in [5, 5.41) is 19.7. The first-order valence-electron chi connectivity index (χ1n) is 9.99. The van der Waals surface area contributed by atoms with Crippen molar-refractivity contribution in [1.29, 1.82) is 0 Å². The first-order chi connectivity index (χ1) is 13.9. The fourth-order valence-electron chi connectivity index (χ4n) is 4.52. The van der Waals surface area contributed by atoms with Crippen LogP contribution in [0.15, 0.2) is 42.2 Å². The third-order valence-electron chi connectivity index (χ3n) is 6.58. The molecule has 0 spiro atoms. The molecular weight excluding hydrogens is 380 g/mol. The molecule has 0 aromatic heterocycles. The first kappa shape index (κ1) is 20.1. The molecule has 2 aliphatic carbocycles. The highest BCUT2D eigenvalue weighted by Gasteiger charge is 2.41. The Morgan fingerprint density at radius 1 is 0.833 bits per heavy atom. The van der Waals surface area contributed by atoms with Gasteiger partial charge in [0.05, 0.1) is 11.1 Å². The Balaban J connectivity index is 1.90. The van der Waals surface area contributed by atoms with E-state index in [9.17, 15) is 19.5 Å². The van der Waals surface area contributed by atoms with Gasteiger partial charge in [0.15, 0.2) is 11.5 Å². The van der Waals surface area contributed by atoms with Gasteiger partial charge in [0.2, 0.25) is 5.78 Å². The molecule has 5 nitrogen and oxygen atoms in total. The highest BCUT2D eigenvalue weighted by molar-refractivity contribution is 6.40. The van der Waals surface area contributed by atoms with Crippen molar-refractivity contribution in [1.82, 2.24) is 0 Å². The number of hydrogen-bond donors (Lipinski definition) is 2. The van der Waals surface area contributed by atoms with Crippen molar-refractivity contribution in [3.05, 3.63) is 75.5 Å². The van der Waals surface area contributed by atoms with Gasteiger partial charge < -0.3 is 10.2 Å². The van der Waals surface area contributed by atoms with Crippen molar-refractivity contribution in [2.75, 3.05) is 0 Å².